The average molecular weight is 317 g/mol. The molecule has 0 bridgehead atoms. The summed E-state index contributed by atoms with van der Waals surface area (Å²) in [6.07, 6.45) is 4.55. The van der Waals surface area contributed by atoms with Crippen LogP contribution in [0.1, 0.15) is 29.1 Å². The molecule has 0 unspecified atom stereocenters. The van der Waals surface area contributed by atoms with E-state index < -0.39 is 0 Å². The van der Waals surface area contributed by atoms with Gasteiger partial charge in [-0.1, -0.05) is 0 Å². The minimum Gasteiger partial charge on any atom is -0.477 e. The Morgan fingerprint density at radius 1 is 1.50 bits per heavy atom. The summed E-state index contributed by atoms with van der Waals surface area (Å²) in [5.74, 6) is 1.31. The summed E-state index contributed by atoms with van der Waals surface area (Å²) in [6, 6.07) is 3.77. The Morgan fingerprint density at radius 2 is 2.36 bits per heavy atom. The zero-order valence-electron chi connectivity index (χ0n) is 12.5. The molecule has 0 spiro atoms. The van der Waals surface area contributed by atoms with Crippen molar-refractivity contribution in [1.29, 1.82) is 0 Å². The van der Waals surface area contributed by atoms with Gasteiger partial charge in [-0.2, -0.15) is 0 Å². The minimum atomic E-state index is -0.0254. The van der Waals surface area contributed by atoms with Crippen LogP contribution in [0.3, 0.4) is 0 Å². The second-order valence-corrected chi connectivity index (χ2v) is 6.63. The van der Waals surface area contributed by atoms with Crippen molar-refractivity contribution in [2.45, 2.75) is 32.7 Å². The lowest BCUT2D eigenvalue weighted by atomic mass is 10.2. The van der Waals surface area contributed by atoms with Gasteiger partial charge in [-0.15, -0.1) is 11.3 Å². The molecule has 22 heavy (non-hydrogen) atoms. The van der Waals surface area contributed by atoms with Crippen molar-refractivity contribution in [3.8, 4) is 5.88 Å². The molecule has 0 atom stereocenters. The maximum atomic E-state index is 11.9. The predicted octanol–water partition coefficient (Wildman–Crippen LogP) is 2.49. The Hall–Kier alpha value is -1.95. The van der Waals surface area contributed by atoms with Crippen LogP contribution in [0.4, 0.5) is 0 Å². The molecule has 1 fully saturated rings. The smallest absolute Gasteiger partial charge is 0.226 e. The van der Waals surface area contributed by atoms with Crippen molar-refractivity contribution in [3.05, 3.63) is 40.0 Å². The van der Waals surface area contributed by atoms with E-state index in [0.717, 1.165) is 22.9 Å². The number of hydrogen-bond acceptors (Lipinski definition) is 5. The third-order valence-corrected chi connectivity index (χ3v) is 4.28. The van der Waals surface area contributed by atoms with Gasteiger partial charge in [0.05, 0.1) is 23.7 Å². The van der Waals surface area contributed by atoms with E-state index in [-0.39, 0.29) is 5.91 Å². The third-order valence-electron chi connectivity index (χ3n) is 3.46. The van der Waals surface area contributed by atoms with Crippen molar-refractivity contribution in [3.63, 3.8) is 0 Å². The number of ether oxygens (including phenoxy) is 1. The molecule has 2 aromatic rings. The molecule has 3 rings (SSSR count). The molecule has 0 aliphatic heterocycles. The molecular weight excluding hydrogens is 298 g/mol. The molecule has 1 saturated carbocycles. The van der Waals surface area contributed by atoms with Crippen LogP contribution in [0.15, 0.2) is 23.7 Å². The monoisotopic (exact) mass is 317 g/mol. The number of amides is 1. The highest BCUT2D eigenvalue weighted by atomic mass is 32.1. The fraction of sp³-hybridized carbons (Fsp3) is 0.438. The number of hydrogen-bond donors (Lipinski definition) is 1. The van der Waals surface area contributed by atoms with Crippen LogP contribution >= 0.6 is 11.3 Å². The molecule has 0 aromatic carbocycles. The fourth-order valence-electron chi connectivity index (χ4n) is 2.04. The first kappa shape index (κ1) is 15.0. The molecule has 1 N–H and O–H groups in total. The summed E-state index contributed by atoms with van der Waals surface area (Å²) in [5.41, 5.74) is 1.81. The first-order valence-corrected chi connectivity index (χ1v) is 8.32. The van der Waals surface area contributed by atoms with E-state index in [1.165, 1.54) is 12.8 Å². The first-order valence-electron chi connectivity index (χ1n) is 7.44. The number of nitrogens with zero attached hydrogens (tertiary/aromatic N) is 2. The molecule has 1 amide bonds. The molecule has 1 aliphatic carbocycles. The van der Waals surface area contributed by atoms with Gasteiger partial charge in [-0.25, -0.2) is 9.97 Å². The molecule has 116 valence electrons. The maximum Gasteiger partial charge on any atom is 0.226 e. The summed E-state index contributed by atoms with van der Waals surface area (Å²) in [4.78, 5) is 20.4. The Bertz CT molecular complexity index is 652. The van der Waals surface area contributed by atoms with Crippen molar-refractivity contribution < 1.29 is 9.53 Å². The molecular formula is C16H19N3O2S. The van der Waals surface area contributed by atoms with Gasteiger partial charge in [0, 0.05) is 24.2 Å². The van der Waals surface area contributed by atoms with Crippen LogP contribution in [-0.4, -0.2) is 22.5 Å². The van der Waals surface area contributed by atoms with Gasteiger partial charge in [0.25, 0.3) is 0 Å². The number of aryl methyl sites for hydroxylation is 1. The van der Waals surface area contributed by atoms with E-state index in [1.807, 2.05) is 24.4 Å². The molecule has 6 heteroatoms. The zero-order chi connectivity index (χ0) is 15.4. The van der Waals surface area contributed by atoms with Crippen LogP contribution in [-0.2, 0) is 17.8 Å². The lowest BCUT2D eigenvalue weighted by Gasteiger charge is -2.07. The summed E-state index contributed by atoms with van der Waals surface area (Å²) in [6.45, 7) is 3.16. The van der Waals surface area contributed by atoms with E-state index in [2.05, 4.69) is 15.3 Å². The Morgan fingerprint density at radius 3 is 3.09 bits per heavy atom. The number of rotatable bonds is 7. The molecule has 1 aliphatic rings. The first-order chi connectivity index (χ1) is 10.7. The van der Waals surface area contributed by atoms with Gasteiger partial charge < -0.3 is 10.1 Å². The normalized spacial score (nSPS) is 13.9. The Balaban J connectivity index is 1.47. The summed E-state index contributed by atoms with van der Waals surface area (Å²) in [7, 11) is 0. The van der Waals surface area contributed by atoms with Crippen molar-refractivity contribution in [2.75, 3.05) is 6.61 Å². The second kappa shape index (κ2) is 6.87. The lowest BCUT2D eigenvalue weighted by molar-refractivity contribution is -0.120. The van der Waals surface area contributed by atoms with Crippen LogP contribution in [0.2, 0.25) is 0 Å². The Kier molecular flexibility index (Phi) is 4.68. The Labute approximate surface area is 133 Å². The highest BCUT2D eigenvalue weighted by molar-refractivity contribution is 7.09. The van der Waals surface area contributed by atoms with E-state index in [9.17, 15) is 4.79 Å². The van der Waals surface area contributed by atoms with Gasteiger partial charge in [0.2, 0.25) is 11.8 Å². The van der Waals surface area contributed by atoms with E-state index in [1.54, 1.807) is 17.5 Å². The third kappa shape index (κ3) is 4.53. The van der Waals surface area contributed by atoms with Crippen LogP contribution in [0.5, 0.6) is 5.88 Å². The van der Waals surface area contributed by atoms with Gasteiger partial charge in [-0.05, 0) is 37.3 Å². The molecule has 0 saturated heterocycles. The van der Waals surface area contributed by atoms with E-state index in [4.69, 9.17) is 4.74 Å². The van der Waals surface area contributed by atoms with Gasteiger partial charge >= 0.3 is 0 Å². The highest BCUT2D eigenvalue weighted by Gasteiger charge is 2.22. The lowest BCUT2D eigenvalue weighted by Crippen LogP contribution is -2.24. The second-order valence-electron chi connectivity index (χ2n) is 5.57. The van der Waals surface area contributed by atoms with Crippen LogP contribution < -0.4 is 10.1 Å². The highest BCUT2D eigenvalue weighted by Crippen LogP contribution is 2.29. The zero-order valence-corrected chi connectivity index (χ0v) is 13.4. The molecule has 5 nitrogen and oxygen atoms in total. The number of thiazole rings is 1. The van der Waals surface area contributed by atoms with Gasteiger partial charge in [0.1, 0.15) is 0 Å². The number of aromatic nitrogens is 2. The molecule has 2 heterocycles. The standard InChI is InChI=1S/C16H19N3O2S/c1-11-19-14(10-22-11)7-15(20)18-8-13-4-5-17-16(6-13)21-9-12-2-3-12/h4-6,10,12H,2-3,7-9H2,1H3,(H,18,20). The SMILES string of the molecule is Cc1nc(CC(=O)NCc2ccnc(OCC3CC3)c2)cs1. The number of pyridine rings is 1. The van der Waals surface area contributed by atoms with Crippen molar-refractivity contribution >= 4 is 17.2 Å². The largest absolute Gasteiger partial charge is 0.477 e. The minimum absolute atomic E-state index is 0.0254. The quantitative estimate of drug-likeness (QED) is 0.852. The van der Waals surface area contributed by atoms with E-state index in [0.29, 0.717) is 24.8 Å². The van der Waals surface area contributed by atoms with Crippen molar-refractivity contribution in [2.24, 2.45) is 5.92 Å². The average Bonchev–Trinajstić information content (AvgIpc) is 3.26. The number of carbonyl (C=O) groups is 1. The van der Waals surface area contributed by atoms with Gasteiger partial charge in [-0.3, -0.25) is 4.79 Å². The fourth-order valence-corrected chi connectivity index (χ4v) is 2.66. The maximum absolute atomic E-state index is 11.9. The molecule has 0 radical (unpaired) electrons. The van der Waals surface area contributed by atoms with Crippen LogP contribution in [0.25, 0.3) is 0 Å². The summed E-state index contributed by atoms with van der Waals surface area (Å²) >= 11 is 1.56. The number of nitrogens with one attached hydrogen (secondary N) is 1. The van der Waals surface area contributed by atoms with Crippen molar-refractivity contribution in [1.82, 2.24) is 15.3 Å². The predicted molar refractivity (Wildman–Crippen MR) is 84.9 cm³/mol. The summed E-state index contributed by atoms with van der Waals surface area (Å²) < 4.78 is 5.64. The van der Waals surface area contributed by atoms with Gasteiger partial charge in [0.15, 0.2) is 0 Å². The topological polar surface area (TPSA) is 64.1 Å². The number of carbonyl (C=O) groups excluding carboxylic acids is 1. The van der Waals surface area contributed by atoms with Crippen LogP contribution in [0, 0.1) is 12.8 Å². The molecule has 2 aromatic heterocycles. The summed E-state index contributed by atoms with van der Waals surface area (Å²) in [5, 5.41) is 5.81. The van der Waals surface area contributed by atoms with E-state index >= 15 is 0 Å².